The predicted molar refractivity (Wildman–Crippen MR) is 168 cm³/mol. The molecule has 5 aliphatic rings. The molecule has 1 aromatic carbocycles. The van der Waals surface area contributed by atoms with Crippen LogP contribution in [0.2, 0.25) is 0 Å². The first-order valence-electron chi connectivity index (χ1n) is 15.7. The molecule has 4 fully saturated rings. The topological polar surface area (TPSA) is 67.8 Å². The first kappa shape index (κ1) is 29.1. The zero-order valence-corrected chi connectivity index (χ0v) is 26.3. The molecule has 1 aromatic heterocycles. The van der Waals surface area contributed by atoms with E-state index in [1.54, 1.807) is 11.3 Å². The highest BCUT2D eigenvalue weighted by Crippen LogP contribution is 2.72. The van der Waals surface area contributed by atoms with Gasteiger partial charge in [-0.2, -0.15) is 0 Å². The second kappa shape index (κ2) is 9.96. The molecule has 7 rings (SSSR count). The van der Waals surface area contributed by atoms with E-state index in [4.69, 9.17) is 9.47 Å². The highest BCUT2D eigenvalue weighted by molar-refractivity contribution is 7.12. The lowest BCUT2D eigenvalue weighted by Crippen LogP contribution is -2.69. The normalized spacial score (nSPS) is 41.2. The number of thiophene rings is 1. The van der Waals surface area contributed by atoms with Gasteiger partial charge in [0.2, 0.25) is 0 Å². The standard InChI is InChI=1S/C36H42FNO4S/c1-6-29(39)36-31(41-32(42-36)28-13-11-25(43-28)18-22-8-7-9-24(17-22)38-5)19-27-26-12-10-23-16-21(2)14-15-33(23,3)35(26,37)30(40)20-34(27,36)4/h7-9,11,13-17,26-27,30-32,38,40H,2,6,10,12,18-20H2,1,3-5H3/t26-,27-,30-,31+,32+,33-,34-,35-,36+/m0/s1. The fourth-order valence-corrected chi connectivity index (χ4v) is 10.6. The maximum atomic E-state index is 17.7. The Kier molecular flexibility index (Phi) is 6.75. The van der Waals surface area contributed by atoms with Gasteiger partial charge in [-0.1, -0.05) is 56.4 Å². The number of halogens is 1. The third-order valence-electron chi connectivity index (χ3n) is 11.7. The van der Waals surface area contributed by atoms with Gasteiger partial charge in [0.25, 0.3) is 0 Å². The van der Waals surface area contributed by atoms with Gasteiger partial charge in [-0.15, -0.1) is 11.3 Å². The molecular formula is C36H42FNO4S. The Balaban J connectivity index is 1.20. The first-order valence-corrected chi connectivity index (χ1v) is 16.5. The Hall–Kier alpha value is -2.58. The van der Waals surface area contributed by atoms with Crippen molar-refractivity contribution in [2.75, 3.05) is 12.4 Å². The molecule has 0 amide bonds. The molecule has 228 valence electrons. The van der Waals surface area contributed by atoms with E-state index >= 15 is 4.39 Å². The van der Waals surface area contributed by atoms with E-state index in [0.717, 1.165) is 34.6 Å². The zero-order valence-electron chi connectivity index (χ0n) is 25.5. The van der Waals surface area contributed by atoms with Crippen molar-refractivity contribution in [1.82, 2.24) is 0 Å². The Labute approximate surface area is 257 Å². The molecule has 0 bridgehead atoms. The molecule has 7 heteroatoms. The summed E-state index contributed by atoms with van der Waals surface area (Å²) in [7, 11) is 1.92. The average molecular weight is 604 g/mol. The summed E-state index contributed by atoms with van der Waals surface area (Å²) in [6, 6.07) is 12.5. The molecule has 4 aliphatic carbocycles. The van der Waals surface area contributed by atoms with Crippen molar-refractivity contribution in [3.63, 3.8) is 0 Å². The summed E-state index contributed by atoms with van der Waals surface area (Å²) in [6.45, 7) is 9.91. The number of carbonyl (C=O) groups excluding carboxylic acids is 1. The van der Waals surface area contributed by atoms with Crippen molar-refractivity contribution < 1.29 is 23.8 Å². The molecule has 2 N–H and O–H groups in total. The number of carbonyl (C=O) groups is 1. The van der Waals surface area contributed by atoms with Gasteiger partial charge in [-0.3, -0.25) is 4.79 Å². The number of rotatable bonds is 6. The van der Waals surface area contributed by atoms with Crippen molar-refractivity contribution in [3.8, 4) is 0 Å². The van der Waals surface area contributed by atoms with Gasteiger partial charge in [0, 0.05) is 47.2 Å². The number of benzene rings is 1. The van der Waals surface area contributed by atoms with E-state index in [2.05, 4.69) is 37.0 Å². The Morgan fingerprint density at radius 1 is 1.23 bits per heavy atom. The van der Waals surface area contributed by atoms with Crippen molar-refractivity contribution in [2.24, 2.45) is 22.7 Å². The molecule has 0 radical (unpaired) electrons. The van der Waals surface area contributed by atoms with Crippen LogP contribution in [0.5, 0.6) is 0 Å². The summed E-state index contributed by atoms with van der Waals surface area (Å²) in [5.41, 5.74) is -0.599. The maximum Gasteiger partial charge on any atom is 0.194 e. The van der Waals surface area contributed by atoms with Gasteiger partial charge in [-0.05, 0) is 73.9 Å². The lowest BCUT2D eigenvalue weighted by molar-refractivity contribution is -0.230. The van der Waals surface area contributed by atoms with Crippen LogP contribution in [0.1, 0.15) is 74.5 Å². The summed E-state index contributed by atoms with van der Waals surface area (Å²) in [5, 5.41) is 15.0. The molecular weight excluding hydrogens is 561 g/mol. The van der Waals surface area contributed by atoms with Gasteiger partial charge < -0.3 is 19.9 Å². The minimum absolute atomic E-state index is 0.0133. The fraction of sp³-hybridized carbons (Fsp3) is 0.528. The fourth-order valence-electron chi connectivity index (χ4n) is 9.58. The molecule has 43 heavy (non-hydrogen) atoms. The van der Waals surface area contributed by atoms with Crippen LogP contribution in [-0.2, 0) is 20.7 Å². The predicted octanol–water partition coefficient (Wildman–Crippen LogP) is 7.48. The van der Waals surface area contributed by atoms with E-state index < -0.39 is 46.5 Å². The molecule has 3 saturated carbocycles. The smallest absolute Gasteiger partial charge is 0.194 e. The highest BCUT2D eigenvalue weighted by Gasteiger charge is 2.79. The number of aliphatic hydroxyl groups is 1. The van der Waals surface area contributed by atoms with Gasteiger partial charge >= 0.3 is 0 Å². The van der Waals surface area contributed by atoms with Crippen LogP contribution in [0.4, 0.5) is 10.1 Å². The number of ether oxygens (including phenoxy) is 2. The maximum absolute atomic E-state index is 17.7. The number of anilines is 1. The van der Waals surface area contributed by atoms with Crippen LogP contribution in [0.3, 0.4) is 0 Å². The number of allylic oxidation sites excluding steroid dienone is 5. The molecule has 2 heterocycles. The van der Waals surface area contributed by atoms with Crippen LogP contribution in [0.15, 0.2) is 72.4 Å². The summed E-state index contributed by atoms with van der Waals surface area (Å²) in [6.07, 6.45) is 6.53. The van der Waals surface area contributed by atoms with Crippen LogP contribution in [0, 0.1) is 22.7 Å². The Bertz CT molecular complexity index is 1550. The molecule has 0 unspecified atom stereocenters. The molecule has 1 aliphatic heterocycles. The van der Waals surface area contributed by atoms with E-state index in [0.29, 0.717) is 19.3 Å². The first-order chi connectivity index (χ1) is 20.5. The summed E-state index contributed by atoms with van der Waals surface area (Å²) in [4.78, 5) is 16.1. The van der Waals surface area contributed by atoms with E-state index in [-0.39, 0.29) is 18.1 Å². The van der Waals surface area contributed by atoms with Gasteiger partial charge in [0.05, 0.1) is 17.1 Å². The summed E-state index contributed by atoms with van der Waals surface area (Å²) < 4.78 is 31.2. The summed E-state index contributed by atoms with van der Waals surface area (Å²) >= 11 is 1.64. The molecule has 5 nitrogen and oxygen atoms in total. The van der Waals surface area contributed by atoms with Crippen molar-refractivity contribution in [2.45, 2.75) is 89.1 Å². The second-order valence-electron chi connectivity index (χ2n) is 13.7. The minimum Gasteiger partial charge on any atom is -0.390 e. The molecule has 0 spiro atoms. The number of aliphatic hydroxyl groups excluding tert-OH is 1. The molecule has 9 atom stereocenters. The van der Waals surface area contributed by atoms with E-state index in [1.165, 1.54) is 10.4 Å². The number of hydrogen-bond donors (Lipinski definition) is 2. The lowest BCUT2D eigenvalue weighted by Gasteiger charge is -2.62. The van der Waals surface area contributed by atoms with Gasteiger partial charge in [-0.25, -0.2) is 4.39 Å². The van der Waals surface area contributed by atoms with Crippen LogP contribution in [0.25, 0.3) is 0 Å². The van der Waals surface area contributed by atoms with E-state index in [1.807, 2.05) is 57.3 Å². The minimum atomic E-state index is -1.85. The zero-order chi connectivity index (χ0) is 30.4. The number of hydrogen-bond acceptors (Lipinski definition) is 6. The van der Waals surface area contributed by atoms with E-state index in [9.17, 15) is 9.90 Å². The summed E-state index contributed by atoms with van der Waals surface area (Å²) in [5.74, 6) is -0.586. The monoisotopic (exact) mass is 603 g/mol. The second-order valence-corrected chi connectivity index (χ2v) is 14.9. The number of alkyl halides is 1. The number of ketones is 1. The van der Waals surface area contributed by atoms with Crippen LogP contribution >= 0.6 is 11.3 Å². The Morgan fingerprint density at radius 3 is 2.81 bits per heavy atom. The van der Waals surface area contributed by atoms with Crippen molar-refractivity contribution in [3.05, 3.63) is 87.7 Å². The molecule has 2 aromatic rings. The largest absolute Gasteiger partial charge is 0.390 e. The average Bonchev–Trinajstić information content (AvgIpc) is 3.67. The number of Topliss-reactive ketones (excluding diaryl/α,β-unsaturated/α-hetero) is 1. The third kappa shape index (κ3) is 3.87. The molecule has 1 saturated heterocycles. The number of nitrogens with one attached hydrogen (secondary N) is 1. The van der Waals surface area contributed by atoms with Gasteiger partial charge in [0.1, 0.15) is 0 Å². The SMILES string of the molecule is C=C1C=C[C@@]2(C)C(=C1)CC[C@H]1[C@@H]3C[C@H]4O[C@@H](c5ccc(Cc6cccc(NC)c6)s5)O[C@@]4(C(=O)CC)[C@@]3(C)C[C@H](O)[C@@]12F. The van der Waals surface area contributed by atoms with Crippen molar-refractivity contribution in [1.29, 1.82) is 0 Å². The van der Waals surface area contributed by atoms with Gasteiger partial charge in [0.15, 0.2) is 23.3 Å². The van der Waals surface area contributed by atoms with Crippen LogP contribution < -0.4 is 5.32 Å². The lowest BCUT2D eigenvalue weighted by atomic mass is 9.44. The third-order valence-corrected chi connectivity index (χ3v) is 12.8. The van der Waals surface area contributed by atoms with Crippen LogP contribution in [-0.4, -0.2) is 41.4 Å². The number of fused-ring (bicyclic) bond motifs is 7. The van der Waals surface area contributed by atoms with Crippen molar-refractivity contribution >= 4 is 22.8 Å². The highest BCUT2D eigenvalue weighted by atomic mass is 32.1. The Morgan fingerprint density at radius 2 is 2.05 bits per heavy atom. The quantitative estimate of drug-likeness (QED) is 0.358.